The number of para-hydroxylation sites is 1. The van der Waals surface area contributed by atoms with Crippen LogP contribution in [-0.2, 0) is 11.3 Å². The number of H-pyrrole nitrogens is 1. The molecule has 0 spiro atoms. The fraction of sp³-hybridized carbons (Fsp3) is 0.103. The van der Waals surface area contributed by atoms with Crippen molar-refractivity contribution < 1.29 is 23.0 Å². The van der Waals surface area contributed by atoms with Crippen LogP contribution < -0.4 is 14.8 Å². The van der Waals surface area contributed by atoms with Crippen molar-refractivity contribution >= 4 is 33.8 Å². The van der Waals surface area contributed by atoms with Gasteiger partial charge in [-0.3, -0.25) is 4.79 Å². The van der Waals surface area contributed by atoms with E-state index in [0.29, 0.717) is 39.5 Å². The first-order chi connectivity index (χ1) is 17.9. The first-order valence-corrected chi connectivity index (χ1v) is 11.5. The maximum absolute atomic E-state index is 14.0. The van der Waals surface area contributed by atoms with Gasteiger partial charge in [-0.2, -0.15) is 0 Å². The molecule has 0 unspecified atom stereocenters. The molecule has 0 atom stereocenters. The van der Waals surface area contributed by atoms with E-state index in [1.54, 1.807) is 38.5 Å². The summed E-state index contributed by atoms with van der Waals surface area (Å²) in [6.07, 6.45) is 3.03. The van der Waals surface area contributed by atoms with Gasteiger partial charge in [0.25, 0.3) is 0 Å². The lowest BCUT2D eigenvalue weighted by molar-refractivity contribution is -0.116. The number of carbonyl (C=O) groups excluding carboxylic acids is 1. The molecule has 0 aliphatic rings. The monoisotopic (exact) mass is 499 g/mol. The van der Waals surface area contributed by atoms with Crippen molar-refractivity contribution in [1.29, 1.82) is 0 Å². The Bertz CT molecular complexity index is 1640. The van der Waals surface area contributed by atoms with E-state index in [1.165, 1.54) is 18.2 Å². The Hall–Kier alpha value is -4.72. The molecule has 0 bridgehead atoms. The summed E-state index contributed by atoms with van der Waals surface area (Å²) in [6.45, 7) is 0.110. The SMILES string of the molecule is COc1ccc(OC)c(/C=C/C(=O)NCc2cc3c([nH]c4ccccc43)c(-c3cc(F)cc(F)c3)n2)c1. The third-order valence-corrected chi connectivity index (χ3v) is 5.98. The Morgan fingerprint density at radius 3 is 2.51 bits per heavy atom. The molecule has 2 heterocycles. The molecule has 2 N–H and O–H groups in total. The van der Waals surface area contributed by atoms with E-state index in [4.69, 9.17) is 9.47 Å². The van der Waals surface area contributed by atoms with E-state index < -0.39 is 11.6 Å². The summed E-state index contributed by atoms with van der Waals surface area (Å²) >= 11 is 0. The predicted octanol–water partition coefficient (Wildman–Crippen LogP) is 6.01. The van der Waals surface area contributed by atoms with Crippen molar-refractivity contribution in [3.05, 3.63) is 95.7 Å². The molecule has 0 aliphatic heterocycles. The lowest BCUT2D eigenvalue weighted by Gasteiger charge is -2.09. The normalized spacial score (nSPS) is 11.4. The van der Waals surface area contributed by atoms with E-state index >= 15 is 0 Å². The van der Waals surface area contributed by atoms with Crippen LogP contribution in [0.25, 0.3) is 39.1 Å². The Balaban J connectivity index is 1.47. The van der Waals surface area contributed by atoms with Gasteiger partial charge in [0, 0.05) is 39.6 Å². The number of fused-ring (bicyclic) bond motifs is 3. The number of methoxy groups -OCH3 is 2. The highest BCUT2D eigenvalue weighted by Gasteiger charge is 2.15. The molecule has 0 radical (unpaired) electrons. The lowest BCUT2D eigenvalue weighted by atomic mass is 10.1. The van der Waals surface area contributed by atoms with Crippen molar-refractivity contribution in [2.24, 2.45) is 0 Å². The minimum absolute atomic E-state index is 0.110. The second-order valence-corrected chi connectivity index (χ2v) is 8.37. The third-order valence-electron chi connectivity index (χ3n) is 5.98. The van der Waals surface area contributed by atoms with Crippen molar-refractivity contribution in [1.82, 2.24) is 15.3 Å². The Kier molecular flexibility index (Phi) is 6.55. The summed E-state index contributed by atoms with van der Waals surface area (Å²) < 4.78 is 38.7. The molecule has 186 valence electrons. The molecule has 37 heavy (non-hydrogen) atoms. The molecular formula is C29H23F2N3O3. The first kappa shape index (κ1) is 24.0. The molecule has 1 amide bonds. The van der Waals surface area contributed by atoms with Crippen molar-refractivity contribution in [2.45, 2.75) is 6.54 Å². The number of nitrogens with zero attached hydrogens (tertiary/aromatic N) is 1. The molecule has 0 saturated carbocycles. The first-order valence-electron chi connectivity index (χ1n) is 11.5. The van der Waals surface area contributed by atoms with Crippen LogP contribution in [0.3, 0.4) is 0 Å². The summed E-state index contributed by atoms with van der Waals surface area (Å²) in [4.78, 5) is 20.6. The van der Waals surface area contributed by atoms with E-state index in [-0.39, 0.29) is 12.5 Å². The maximum atomic E-state index is 14.0. The van der Waals surface area contributed by atoms with Crippen molar-refractivity contribution in [3.63, 3.8) is 0 Å². The highest BCUT2D eigenvalue weighted by atomic mass is 19.1. The standard InChI is InChI=1S/C29H23F2N3O3/c1-36-22-8-9-26(37-2)17(13-22)7-10-27(35)32-16-21-15-24-23-5-3-4-6-25(23)34-29(24)28(33-21)18-11-19(30)14-20(31)12-18/h3-15,34H,16H2,1-2H3,(H,32,35)/b10-7+. The number of hydrogen-bond donors (Lipinski definition) is 2. The van der Waals surface area contributed by atoms with E-state index in [9.17, 15) is 13.6 Å². The van der Waals surface area contributed by atoms with Gasteiger partial charge >= 0.3 is 0 Å². The fourth-order valence-electron chi connectivity index (χ4n) is 4.26. The minimum Gasteiger partial charge on any atom is -0.497 e. The number of amides is 1. The van der Waals surface area contributed by atoms with Crippen LogP contribution >= 0.6 is 0 Å². The average Bonchev–Trinajstić information content (AvgIpc) is 3.28. The van der Waals surface area contributed by atoms with Crippen LogP contribution in [0.15, 0.2) is 72.8 Å². The Morgan fingerprint density at radius 2 is 1.76 bits per heavy atom. The largest absolute Gasteiger partial charge is 0.497 e. The molecule has 6 nitrogen and oxygen atoms in total. The average molecular weight is 500 g/mol. The number of carbonyl (C=O) groups is 1. The second kappa shape index (κ2) is 10.1. The summed E-state index contributed by atoms with van der Waals surface area (Å²) in [5, 5.41) is 4.60. The Morgan fingerprint density at radius 1 is 0.973 bits per heavy atom. The van der Waals surface area contributed by atoms with Crippen molar-refractivity contribution in [2.75, 3.05) is 14.2 Å². The molecular weight excluding hydrogens is 476 g/mol. The van der Waals surface area contributed by atoms with E-state index in [0.717, 1.165) is 22.4 Å². The zero-order valence-electron chi connectivity index (χ0n) is 20.1. The smallest absolute Gasteiger partial charge is 0.244 e. The lowest BCUT2D eigenvalue weighted by Crippen LogP contribution is -2.21. The van der Waals surface area contributed by atoms with Gasteiger partial charge < -0.3 is 19.8 Å². The molecule has 5 rings (SSSR count). The summed E-state index contributed by atoms with van der Waals surface area (Å²) in [5.41, 5.74) is 3.45. The zero-order valence-corrected chi connectivity index (χ0v) is 20.1. The number of aromatic nitrogens is 2. The minimum atomic E-state index is -0.696. The zero-order chi connectivity index (χ0) is 25.9. The molecule has 8 heteroatoms. The fourth-order valence-corrected chi connectivity index (χ4v) is 4.26. The number of pyridine rings is 1. The Labute approximate surface area is 211 Å². The van der Waals surface area contributed by atoms with Gasteiger partial charge in [0.2, 0.25) is 5.91 Å². The number of halogens is 2. The van der Waals surface area contributed by atoms with Crippen LogP contribution in [0.5, 0.6) is 11.5 Å². The van der Waals surface area contributed by atoms with Gasteiger partial charge in [0.1, 0.15) is 23.1 Å². The van der Waals surface area contributed by atoms with Crippen LogP contribution in [0.1, 0.15) is 11.3 Å². The molecule has 0 fully saturated rings. The predicted molar refractivity (Wildman–Crippen MR) is 139 cm³/mol. The number of nitrogens with one attached hydrogen (secondary N) is 2. The van der Waals surface area contributed by atoms with Gasteiger partial charge in [-0.25, -0.2) is 13.8 Å². The van der Waals surface area contributed by atoms with Gasteiger partial charge in [-0.15, -0.1) is 0 Å². The highest BCUT2D eigenvalue weighted by molar-refractivity contribution is 6.11. The topological polar surface area (TPSA) is 76.2 Å². The highest BCUT2D eigenvalue weighted by Crippen LogP contribution is 2.33. The third kappa shape index (κ3) is 4.99. The van der Waals surface area contributed by atoms with Gasteiger partial charge in [-0.1, -0.05) is 18.2 Å². The van der Waals surface area contributed by atoms with Crippen LogP contribution in [0, 0.1) is 11.6 Å². The summed E-state index contributed by atoms with van der Waals surface area (Å²) in [7, 11) is 3.11. The van der Waals surface area contributed by atoms with Crippen molar-refractivity contribution in [3.8, 4) is 22.8 Å². The van der Waals surface area contributed by atoms with Crippen LogP contribution in [0.4, 0.5) is 8.78 Å². The number of ether oxygens (including phenoxy) is 2. The summed E-state index contributed by atoms with van der Waals surface area (Å²) in [5.74, 6) is -0.499. The quantitative estimate of drug-likeness (QED) is 0.269. The van der Waals surface area contributed by atoms with Crippen LogP contribution in [0.2, 0.25) is 0 Å². The summed E-state index contributed by atoms with van der Waals surface area (Å²) in [6, 6.07) is 18.1. The van der Waals surface area contributed by atoms with E-state index in [2.05, 4.69) is 15.3 Å². The van der Waals surface area contributed by atoms with E-state index in [1.807, 2.05) is 30.3 Å². The number of hydrogen-bond acceptors (Lipinski definition) is 4. The van der Waals surface area contributed by atoms with Gasteiger partial charge in [-0.05, 0) is 48.5 Å². The van der Waals surface area contributed by atoms with Gasteiger partial charge in [0.15, 0.2) is 0 Å². The molecule has 3 aromatic carbocycles. The number of aromatic amines is 1. The second-order valence-electron chi connectivity index (χ2n) is 8.37. The number of benzene rings is 3. The maximum Gasteiger partial charge on any atom is 0.244 e. The van der Waals surface area contributed by atoms with Crippen LogP contribution in [-0.4, -0.2) is 30.1 Å². The molecule has 2 aromatic heterocycles. The molecule has 0 saturated heterocycles. The molecule has 5 aromatic rings. The molecule has 0 aliphatic carbocycles. The number of rotatable bonds is 7. The van der Waals surface area contributed by atoms with Gasteiger partial charge in [0.05, 0.1) is 37.7 Å².